The van der Waals surface area contributed by atoms with Crippen molar-refractivity contribution in [2.75, 3.05) is 19.6 Å². The highest BCUT2D eigenvalue weighted by atomic mass is 16.3. The minimum atomic E-state index is -0.582. The van der Waals surface area contributed by atoms with Crippen LogP contribution in [0.2, 0.25) is 0 Å². The van der Waals surface area contributed by atoms with E-state index in [9.17, 15) is 5.11 Å². The van der Waals surface area contributed by atoms with Gasteiger partial charge in [0.25, 0.3) is 0 Å². The highest BCUT2D eigenvalue weighted by Crippen LogP contribution is 2.36. The Morgan fingerprint density at radius 1 is 1.12 bits per heavy atom. The summed E-state index contributed by atoms with van der Waals surface area (Å²) < 4.78 is 0. The van der Waals surface area contributed by atoms with Gasteiger partial charge in [-0.1, -0.05) is 24.3 Å². The van der Waals surface area contributed by atoms with Crippen molar-refractivity contribution in [3.63, 3.8) is 0 Å². The van der Waals surface area contributed by atoms with Crippen LogP contribution in [0.3, 0.4) is 0 Å². The average Bonchev–Trinajstić information content (AvgIpc) is 2.39. The smallest absolute Gasteiger partial charge is 0.0865 e. The zero-order valence-corrected chi connectivity index (χ0v) is 10.1. The normalized spacial score (nSPS) is 27.5. The fourth-order valence-corrected chi connectivity index (χ4v) is 3.13. The maximum absolute atomic E-state index is 10.8. The van der Waals surface area contributed by atoms with E-state index in [4.69, 9.17) is 0 Å². The summed E-state index contributed by atoms with van der Waals surface area (Å²) in [5.74, 6) is 0. The Bertz CT molecular complexity index is 399. The third-order valence-corrected chi connectivity index (χ3v) is 4.12. The van der Waals surface area contributed by atoms with Crippen molar-refractivity contribution in [3.05, 3.63) is 35.4 Å². The largest absolute Gasteiger partial charge is 0.388 e. The van der Waals surface area contributed by atoms with Crippen LogP contribution in [-0.2, 0) is 6.42 Å². The number of piperidine rings is 1. The molecule has 0 radical (unpaired) electrons. The summed E-state index contributed by atoms with van der Waals surface area (Å²) in [6.45, 7) is 2.80. The maximum Gasteiger partial charge on any atom is 0.0865 e. The van der Waals surface area contributed by atoms with E-state index in [1.807, 2.05) is 0 Å². The Labute approximate surface area is 102 Å². The minimum absolute atomic E-state index is 0.106. The molecule has 0 spiro atoms. The summed E-state index contributed by atoms with van der Waals surface area (Å²) in [5.41, 5.74) is 2.10. The maximum atomic E-state index is 10.8. The SMILES string of the molecule is OC1(C2NCCc3ccccc32)CCNCC1. The van der Waals surface area contributed by atoms with E-state index in [1.54, 1.807) is 0 Å². The molecule has 0 amide bonds. The van der Waals surface area contributed by atoms with Gasteiger partial charge < -0.3 is 15.7 Å². The first-order valence-electron chi connectivity index (χ1n) is 6.54. The van der Waals surface area contributed by atoms with Gasteiger partial charge in [0, 0.05) is 0 Å². The van der Waals surface area contributed by atoms with Gasteiger partial charge in [-0.05, 0) is 50.0 Å². The second kappa shape index (κ2) is 4.41. The first kappa shape index (κ1) is 11.2. The molecular formula is C14H20N2O. The monoisotopic (exact) mass is 232 g/mol. The van der Waals surface area contributed by atoms with Crippen molar-refractivity contribution in [1.82, 2.24) is 10.6 Å². The number of rotatable bonds is 1. The second-order valence-corrected chi connectivity index (χ2v) is 5.19. The van der Waals surface area contributed by atoms with Crippen LogP contribution in [0.15, 0.2) is 24.3 Å². The molecule has 1 unspecified atom stereocenters. The molecule has 3 nitrogen and oxygen atoms in total. The predicted octanol–water partition coefficient (Wildman–Crippen LogP) is 0.988. The highest BCUT2D eigenvalue weighted by Gasteiger charge is 2.40. The average molecular weight is 232 g/mol. The number of hydrogen-bond donors (Lipinski definition) is 3. The van der Waals surface area contributed by atoms with Crippen molar-refractivity contribution < 1.29 is 5.11 Å². The van der Waals surface area contributed by atoms with Crippen molar-refractivity contribution >= 4 is 0 Å². The van der Waals surface area contributed by atoms with Crippen LogP contribution in [0.4, 0.5) is 0 Å². The van der Waals surface area contributed by atoms with Gasteiger partial charge in [0.15, 0.2) is 0 Å². The molecule has 17 heavy (non-hydrogen) atoms. The number of aliphatic hydroxyl groups is 1. The summed E-state index contributed by atoms with van der Waals surface area (Å²) >= 11 is 0. The molecule has 3 rings (SSSR count). The van der Waals surface area contributed by atoms with Crippen molar-refractivity contribution in [2.45, 2.75) is 30.9 Å². The molecule has 1 fully saturated rings. The van der Waals surface area contributed by atoms with Crippen LogP contribution in [0.1, 0.15) is 30.0 Å². The quantitative estimate of drug-likeness (QED) is 0.676. The lowest BCUT2D eigenvalue weighted by Gasteiger charge is -2.42. The van der Waals surface area contributed by atoms with Crippen LogP contribution in [0.5, 0.6) is 0 Å². The van der Waals surface area contributed by atoms with Crippen LogP contribution >= 0.6 is 0 Å². The third-order valence-electron chi connectivity index (χ3n) is 4.12. The molecule has 1 atom stereocenters. The fraction of sp³-hybridized carbons (Fsp3) is 0.571. The molecule has 2 aliphatic heterocycles. The van der Waals surface area contributed by atoms with E-state index in [0.717, 1.165) is 38.9 Å². The zero-order chi connectivity index (χ0) is 11.7. The van der Waals surface area contributed by atoms with Gasteiger partial charge in [-0.15, -0.1) is 0 Å². The van der Waals surface area contributed by atoms with Crippen LogP contribution < -0.4 is 10.6 Å². The first-order valence-corrected chi connectivity index (χ1v) is 6.54. The van der Waals surface area contributed by atoms with Crippen LogP contribution in [-0.4, -0.2) is 30.3 Å². The molecule has 1 aromatic rings. The first-order chi connectivity index (χ1) is 8.30. The molecular weight excluding hydrogens is 212 g/mol. The van der Waals surface area contributed by atoms with Gasteiger partial charge in [0.2, 0.25) is 0 Å². The van der Waals surface area contributed by atoms with E-state index in [2.05, 4.69) is 34.9 Å². The van der Waals surface area contributed by atoms with Gasteiger partial charge in [-0.3, -0.25) is 0 Å². The summed E-state index contributed by atoms with van der Waals surface area (Å²) in [7, 11) is 0. The van der Waals surface area contributed by atoms with E-state index in [-0.39, 0.29) is 6.04 Å². The molecule has 92 valence electrons. The number of nitrogens with one attached hydrogen (secondary N) is 2. The molecule has 0 aliphatic carbocycles. The Hall–Kier alpha value is -0.900. The van der Waals surface area contributed by atoms with Crippen molar-refractivity contribution in [1.29, 1.82) is 0 Å². The standard InChI is InChI=1S/C14H20N2O/c17-14(6-9-15-10-7-14)13-12-4-2-1-3-11(12)5-8-16-13/h1-4,13,15-17H,5-10H2. The Balaban J connectivity index is 1.94. The Morgan fingerprint density at radius 3 is 2.71 bits per heavy atom. The summed E-state index contributed by atoms with van der Waals surface area (Å²) in [6, 6.07) is 8.62. The Morgan fingerprint density at radius 2 is 1.88 bits per heavy atom. The lowest BCUT2D eigenvalue weighted by molar-refractivity contribution is -0.0276. The molecule has 0 bridgehead atoms. The zero-order valence-electron chi connectivity index (χ0n) is 10.1. The third kappa shape index (κ3) is 1.99. The van der Waals surface area contributed by atoms with E-state index in [1.165, 1.54) is 11.1 Å². The summed E-state index contributed by atoms with van der Waals surface area (Å²) in [5, 5.41) is 17.7. The summed E-state index contributed by atoms with van der Waals surface area (Å²) in [6.07, 6.45) is 2.74. The van der Waals surface area contributed by atoms with Gasteiger partial charge in [-0.2, -0.15) is 0 Å². The van der Waals surface area contributed by atoms with Crippen molar-refractivity contribution in [2.24, 2.45) is 0 Å². The highest BCUT2D eigenvalue weighted by molar-refractivity contribution is 5.34. The summed E-state index contributed by atoms with van der Waals surface area (Å²) in [4.78, 5) is 0. The van der Waals surface area contributed by atoms with Crippen LogP contribution in [0, 0.1) is 0 Å². The van der Waals surface area contributed by atoms with Crippen LogP contribution in [0.25, 0.3) is 0 Å². The molecule has 2 heterocycles. The number of hydrogen-bond acceptors (Lipinski definition) is 3. The van der Waals surface area contributed by atoms with Gasteiger partial charge >= 0.3 is 0 Å². The fourth-order valence-electron chi connectivity index (χ4n) is 3.13. The molecule has 0 aromatic heterocycles. The number of fused-ring (bicyclic) bond motifs is 1. The van der Waals surface area contributed by atoms with E-state index < -0.39 is 5.60 Å². The lowest BCUT2D eigenvalue weighted by Crippen LogP contribution is -2.52. The van der Waals surface area contributed by atoms with Gasteiger partial charge in [0.05, 0.1) is 11.6 Å². The molecule has 0 saturated carbocycles. The van der Waals surface area contributed by atoms with Gasteiger partial charge in [-0.25, -0.2) is 0 Å². The minimum Gasteiger partial charge on any atom is -0.388 e. The topological polar surface area (TPSA) is 44.3 Å². The molecule has 3 heteroatoms. The molecule has 1 aromatic carbocycles. The second-order valence-electron chi connectivity index (χ2n) is 5.19. The van der Waals surface area contributed by atoms with Gasteiger partial charge in [0.1, 0.15) is 0 Å². The Kier molecular flexibility index (Phi) is 2.90. The molecule has 3 N–H and O–H groups in total. The molecule has 1 saturated heterocycles. The lowest BCUT2D eigenvalue weighted by atomic mass is 9.78. The molecule has 2 aliphatic rings. The number of benzene rings is 1. The van der Waals surface area contributed by atoms with E-state index in [0.29, 0.717) is 0 Å². The van der Waals surface area contributed by atoms with Crippen molar-refractivity contribution in [3.8, 4) is 0 Å². The predicted molar refractivity (Wildman–Crippen MR) is 67.9 cm³/mol. The van der Waals surface area contributed by atoms with E-state index >= 15 is 0 Å².